The lowest BCUT2D eigenvalue weighted by atomic mass is 10.2. The van der Waals surface area contributed by atoms with Crippen molar-refractivity contribution in [1.82, 2.24) is 15.5 Å². The molecule has 1 heterocycles. The van der Waals surface area contributed by atoms with E-state index in [9.17, 15) is 9.59 Å². The van der Waals surface area contributed by atoms with Crippen molar-refractivity contribution in [2.45, 2.75) is 39.2 Å². The first-order chi connectivity index (χ1) is 8.13. The third-order valence-corrected chi connectivity index (χ3v) is 2.87. The molecule has 1 unspecified atom stereocenters. The molecule has 0 aromatic rings. The molecule has 98 valence electrons. The molecule has 1 saturated heterocycles. The summed E-state index contributed by atoms with van der Waals surface area (Å²) in [5.41, 5.74) is 0. The van der Waals surface area contributed by atoms with Crippen molar-refractivity contribution in [3.05, 3.63) is 0 Å². The van der Waals surface area contributed by atoms with Gasteiger partial charge in [-0.1, -0.05) is 13.3 Å². The average molecular weight is 241 g/mol. The molecular weight excluding hydrogens is 218 g/mol. The van der Waals surface area contributed by atoms with Crippen LogP contribution in [0.25, 0.3) is 0 Å². The molecule has 1 aliphatic heterocycles. The van der Waals surface area contributed by atoms with Gasteiger partial charge in [-0.25, -0.2) is 0 Å². The van der Waals surface area contributed by atoms with Gasteiger partial charge in [-0.15, -0.1) is 0 Å². The van der Waals surface area contributed by atoms with E-state index in [-0.39, 0.29) is 24.4 Å². The van der Waals surface area contributed by atoms with E-state index >= 15 is 0 Å². The molecule has 2 amide bonds. The zero-order valence-corrected chi connectivity index (χ0v) is 10.8. The lowest BCUT2D eigenvalue weighted by Gasteiger charge is -2.21. The fourth-order valence-corrected chi connectivity index (χ4v) is 1.99. The second kappa shape index (κ2) is 7.27. The Labute approximate surface area is 103 Å². The van der Waals surface area contributed by atoms with Crippen molar-refractivity contribution in [3.8, 4) is 0 Å². The largest absolute Gasteiger partial charge is 0.352 e. The fourth-order valence-electron chi connectivity index (χ4n) is 1.99. The minimum Gasteiger partial charge on any atom is -0.352 e. The SMILES string of the molecule is CCCC(C)NC(=O)CN1CCCNCC1=O. The highest BCUT2D eigenvalue weighted by Gasteiger charge is 2.19. The summed E-state index contributed by atoms with van der Waals surface area (Å²) in [6.45, 7) is 6.13. The number of carbonyl (C=O) groups excluding carboxylic acids is 2. The molecule has 0 aromatic heterocycles. The molecule has 0 bridgehead atoms. The van der Waals surface area contributed by atoms with Crippen LogP contribution in [-0.2, 0) is 9.59 Å². The monoisotopic (exact) mass is 241 g/mol. The molecule has 0 saturated carbocycles. The van der Waals surface area contributed by atoms with Gasteiger partial charge in [0, 0.05) is 12.6 Å². The highest BCUT2D eigenvalue weighted by atomic mass is 16.2. The summed E-state index contributed by atoms with van der Waals surface area (Å²) in [6, 6.07) is 0.188. The van der Waals surface area contributed by atoms with Crippen molar-refractivity contribution in [1.29, 1.82) is 0 Å². The number of nitrogens with zero attached hydrogens (tertiary/aromatic N) is 1. The Morgan fingerprint density at radius 2 is 2.35 bits per heavy atom. The van der Waals surface area contributed by atoms with Gasteiger partial charge < -0.3 is 15.5 Å². The third kappa shape index (κ3) is 5.17. The Morgan fingerprint density at radius 1 is 1.59 bits per heavy atom. The number of hydrogen-bond acceptors (Lipinski definition) is 3. The summed E-state index contributed by atoms with van der Waals surface area (Å²) in [5, 5.41) is 5.95. The maximum atomic E-state index is 11.7. The summed E-state index contributed by atoms with van der Waals surface area (Å²) in [5.74, 6) is -0.0398. The van der Waals surface area contributed by atoms with Crippen LogP contribution in [0.4, 0.5) is 0 Å². The second-order valence-corrected chi connectivity index (χ2v) is 4.60. The van der Waals surface area contributed by atoms with Crippen LogP contribution in [0.2, 0.25) is 0 Å². The fraction of sp³-hybridized carbons (Fsp3) is 0.833. The van der Waals surface area contributed by atoms with E-state index in [1.165, 1.54) is 0 Å². The topological polar surface area (TPSA) is 61.4 Å². The van der Waals surface area contributed by atoms with E-state index in [4.69, 9.17) is 0 Å². The van der Waals surface area contributed by atoms with Gasteiger partial charge in [0.2, 0.25) is 11.8 Å². The molecule has 0 spiro atoms. The maximum absolute atomic E-state index is 11.7. The molecule has 1 aliphatic rings. The normalized spacial score (nSPS) is 18.7. The molecule has 1 atom stereocenters. The predicted octanol–water partition coefficient (Wildman–Crippen LogP) is 0.113. The maximum Gasteiger partial charge on any atom is 0.239 e. The molecule has 5 heteroatoms. The highest BCUT2D eigenvalue weighted by molar-refractivity contribution is 5.85. The van der Waals surface area contributed by atoms with Crippen molar-refractivity contribution < 1.29 is 9.59 Å². The molecule has 0 radical (unpaired) electrons. The second-order valence-electron chi connectivity index (χ2n) is 4.60. The van der Waals surface area contributed by atoms with E-state index < -0.39 is 0 Å². The lowest BCUT2D eigenvalue weighted by Crippen LogP contribution is -2.44. The minimum absolute atomic E-state index is 0.0146. The minimum atomic E-state index is -0.0544. The van der Waals surface area contributed by atoms with Crippen LogP contribution in [0.3, 0.4) is 0 Å². The van der Waals surface area contributed by atoms with Crippen LogP contribution in [0, 0.1) is 0 Å². The van der Waals surface area contributed by atoms with Crippen LogP contribution in [0.5, 0.6) is 0 Å². The quantitative estimate of drug-likeness (QED) is 0.718. The van der Waals surface area contributed by atoms with Crippen molar-refractivity contribution in [2.24, 2.45) is 0 Å². The van der Waals surface area contributed by atoms with Crippen molar-refractivity contribution >= 4 is 11.8 Å². The summed E-state index contributed by atoms with van der Waals surface area (Å²) in [4.78, 5) is 25.0. The van der Waals surface area contributed by atoms with Crippen LogP contribution in [-0.4, -0.2) is 48.9 Å². The standard InChI is InChI=1S/C12H23N3O2/c1-3-5-10(2)14-11(16)9-15-7-4-6-13-8-12(15)17/h10,13H,3-9H2,1-2H3,(H,14,16). The van der Waals surface area contributed by atoms with E-state index in [2.05, 4.69) is 17.6 Å². The van der Waals surface area contributed by atoms with Gasteiger partial charge in [0.25, 0.3) is 0 Å². The average Bonchev–Trinajstić information content (AvgIpc) is 2.44. The van der Waals surface area contributed by atoms with Crippen LogP contribution in [0.15, 0.2) is 0 Å². The molecule has 1 rings (SSSR count). The van der Waals surface area contributed by atoms with Gasteiger partial charge in [0.15, 0.2) is 0 Å². The zero-order chi connectivity index (χ0) is 12.7. The first-order valence-corrected chi connectivity index (χ1v) is 6.41. The smallest absolute Gasteiger partial charge is 0.239 e. The van der Waals surface area contributed by atoms with Crippen molar-refractivity contribution in [2.75, 3.05) is 26.2 Å². The van der Waals surface area contributed by atoms with Gasteiger partial charge in [0.1, 0.15) is 0 Å². The molecule has 0 aromatic carbocycles. The molecular formula is C12H23N3O2. The Balaban J connectivity index is 2.35. The van der Waals surface area contributed by atoms with Gasteiger partial charge >= 0.3 is 0 Å². The van der Waals surface area contributed by atoms with E-state index in [0.29, 0.717) is 13.1 Å². The van der Waals surface area contributed by atoms with Crippen LogP contribution in [0.1, 0.15) is 33.1 Å². The van der Waals surface area contributed by atoms with Gasteiger partial charge in [-0.3, -0.25) is 9.59 Å². The van der Waals surface area contributed by atoms with Crippen molar-refractivity contribution in [3.63, 3.8) is 0 Å². The molecule has 1 fully saturated rings. The van der Waals surface area contributed by atoms with E-state index in [0.717, 1.165) is 25.8 Å². The van der Waals surface area contributed by atoms with Gasteiger partial charge in [-0.2, -0.15) is 0 Å². The summed E-state index contributed by atoms with van der Waals surface area (Å²) in [7, 11) is 0. The van der Waals surface area contributed by atoms with Crippen LogP contribution < -0.4 is 10.6 Å². The molecule has 17 heavy (non-hydrogen) atoms. The van der Waals surface area contributed by atoms with Crippen LogP contribution >= 0.6 is 0 Å². The summed E-state index contributed by atoms with van der Waals surface area (Å²) in [6.07, 6.45) is 2.93. The predicted molar refractivity (Wildman–Crippen MR) is 66.6 cm³/mol. The number of hydrogen-bond donors (Lipinski definition) is 2. The number of rotatable bonds is 5. The zero-order valence-electron chi connectivity index (χ0n) is 10.8. The molecule has 5 nitrogen and oxygen atoms in total. The Kier molecular flexibility index (Phi) is 5.97. The number of amides is 2. The Bertz CT molecular complexity index is 268. The van der Waals surface area contributed by atoms with E-state index in [1.807, 2.05) is 6.92 Å². The lowest BCUT2D eigenvalue weighted by molar-refractivity contribution is -0.135. The molecule has 2 N–H and O–H groups in total. The summed E-state index contributed by atoms with van der Waals surface area (Å²) >= 11 is 0. The van der Waals surface area contributed by atoms with Gasteiger partial charge in [-0.05, 0) is 26.3 Å². The Morgan fingerprint density at radius 3 is 3.06 bits per heavy atom. The van der Waals surface area contributed by atoms with Gasteiger partial charge in [0.05, 0.1) is 13.1 Å². The Hall–Kier alpha value is -1.10. The number of nitrogens with one attached hydrogen (secondary N) is 2. The molecule has 0 aliphatic carbocycles. The first kappa shape index (κ1) is 14.0. The summed E-state index contributed by atoms with van der Waals surface area (Å²) < 4.78 is 0. The van der Waals surface area contributed by atoms with E-state index in [1.54, 1.807) is 4.90 Å². The highest BCUT2D eigenvalue weighted by Crippen LogP contribution is 1.98. The number of carbonyl (C=O) groups is 2. The third-order valence-electron chi connectivity index (χ3n) is 2.87. The first-order valence-electron chi connectivity index (χ1n) is 6.41.